The van der Waals surface area contributed by atoms with Crippen molar-refractivity contribution in [2.45, 2.75) is 31.7 Å². The molecule has 1 atom stereocenters. The lowest BCUT2D eigenvalue weighted by atomic mass is 10.1. The number of ether oxygens (including phenoxy) is 1. The van der Waals surface area contributed by atoms with E-state index in [2.05, 4.69) is 34.5 Å². The molecule has 2 aromatic rings. The van der Waals surface area contributed by atoms with Crippen LogP contribution in [0, 0.1) is 0 Å². The molecule has 1 saturated heterocycles. The summed E-state index contributed by atoms with van der Waals surface area (Å²) in [5.41, 5.74) is 1.26. The summed E-state index contributed by atoms with van der Waals surface area (Å²) >= 11 is 12.0. The number of carbonyl (C=O) groups is 1. The summed E-state index contributed by atoms with van der Waals surface area (Å²) in [5.74, 6) is 0.635. The maximum Gasteiger partial charge on any atom is 0.220 e. The third-order valence-corrected chi connectivity index (χ3v) is 5.49. The molecule has 0 aliphatic carbocycles. The topological polar surface area (TPSA) is 41.6 Å². The van der Waals surface area contributed by atoms with Crippen molar-refractivity contribution in [1.29, 1.82) is 0 Å². The van der Waals surface area contributed by atoms with E-state index in [0.717, 1.165) is 13.1 Å². The second kappa shape index (κ2) is 10.7. The van der Waals surface area contributed by atoms with Crippen molar-refractivity contribution in [3.05, 3.63) is 64.1 Å². The lowest BCUT2D eigenvalue weighted by molar-refractivity contribution is -0.121. The Balaban J connectivity index is 1.43. The summed E-state index contributed by atoms with van der Waals surface area (Å²) in [6.07, 6.45) is 3.50. The highest BCUT2D eigenvalue weighted by molar-refractivity contribution is 6.35. The van der Waals surface area contributed by atoms with Crippen molar-refractivity contribution >= 4 is 29.1 Å². The van der Waals surface area contributed by atoms with E-state index < -0.39 is 0 Å². The van der Waals surface area contributed by atoms with E-state index in [1.54, 1.807) is 18.2 Å². The molecule has 0 radical (unpaired) electrons. The highest BCUT2D eigenvalue weighted by atomic mass is 35.5. The van der Waals surface area contributed by atoms with Crippen LogP contribution in [0.15, 0.2) is 48.5 Å². The lowest BCUT2D eigenvalue weighted by Crippen LogP contribution is -2.36. The van der Waals surface area contributed by atoms with Gasteiger partial charge in [-0.15, -0.1) is 0 Å². The number of likely N-dealkylation sites (tertiary alicyclic amines) is 1. The van der Waals surface area contributed by atoms with Crippen LogP contribution < -0.4 is 10.1 Å². The predicted octanol–water partition coefficient (Wildman–Crippen LogP) is 5.11. The first-order valence-electron chi connectivity index (χ1n) is 9.77. The minimum atomic E-state index is 0.0472. The number of benzene rings is 2. The Morgan fingerprint density at radius 3 is 2.57 bits per heavy atom. The molecule has 3 rings (SSSR count). The van der Waals surface area contributed by atoms with Gasteiger partial charge >= 0.3 is 0 Å². The molecule has 1 heterocycles. The molecular weight excluding hydrogens is 395 g/mol. The number of halogens is 2. The second-order valence-electron chi connectivity index (χ2n) is 7.00. The molecule has 1 aliphatic heterocycles. The summed E-state index contributed by atoms with van der Waals surface area (Å²) in [7, 11) is 0. The molecule has 6 heteroatoms. The standard InChI is InChI=1S/C22H26Cl2N2O2/c23-18-10-11-21(19(24)15-18)28-14-6-9-22(27)25-16-20(26-12-4-5-13-26)17-7-2-1-3-8-17/h1-3,7-8,10-11,15,20H,4-6,9,12-14,16H2,(H,25,27). The summed E-state index contributed by atoms with van der Waals surface area (Å²) in [4.78, 5) is 14.7. The van der Waals surface area contributed by atoms with Gasteiger partial charge in [-0.05, 0) is 56.1 Å². The molecule has 4 nitrogen and oxygen atoms in total. The van der Waals surface area contributed by atoms with Crippen LogP contribution in [-0.2, 0) is 4.79 Å². The fourth-order valence-electron chi connectivity index (χ4n) is 3.49. The third kappa shape index (κ3) is 6.13. The zero-order valence-electron chi connectivity index (χ0n) is 15.9. The van der Waals surface area contributed by atoms with Crippen molar-refractivity contribution in [1.82, 2.24) is 10.2 Å². The molecule has 0 bridgehead atoms. The molecule has 0 spiro atoms. The van der Waals surface area contributed by atoms with Crippen LogP contribution in [0.1, 0.15) is 37.3 Å². The first-order chi connectivity index (χ1) is 13.6. The predicted molar refractivity (Wildman–Crippen MR) is 114 cm³/mol. The zero-order chi connectivity index (χ0) is 19.8. The summed E-state index contributed by atoms with van der Waals surface area (Å²) in [6.45, 7) is 3.24. The largest absolute Gasteiger partial charge is 0.492 e. The first-order valence-corrected chi connectivity index (χ1v) is 10.5. The average Bonchev–Trinajstić information content (AvgIpc) is 3.22. The SMILES string of the molecule is O=C(CCCOc1ccc(Cl)cc1Cl)NCC(c1ccccc1)N1CCCC1. The quantitative estimate of drug-likeness (QED) is 0.573. The normalized spacial score (nSPS) is 15.4. The van der Waals surface area contributed by atoms with Gasteiger partial charge in [0.25, 0.3) is 0 Å². The molecule has 2 aromatic carbocycles. The van der Waals surface area contributed by atoms with E-state index in [4.69, 9.17) is 27.9 Å². The molecule has 150 valence electrons. The van der Waals surface area contributed by atoms with E-state index >= 15 is 0 Å². The third-order valence-electron chi connectivity index (χ3n) is 4.96. The molecule has 1 aliphatic rings. The Hall–Kier alpha value is -1.75. The fourth-order valence-corrected chi connectivity index (χ4v) is 3.96. The molecule has 1 N–H and O–H groups in total. The minimum Gasteiger partial charge on any atom is -0.492 e. The molecule has 1 fully saturated rings. The van der Waals surface area contributed by atoms with Gasteiger partial charge in [-0.1, -0.05) is 53.5 Å². The number of carbonyl (C=O) groups excluding carboxylic acids is 1. The molecule has 1 amide bonds. The second-order valence-corrected chi connectivity index (χ2v) is 7.84. The van der Waals surface area contributed by atoms with Crippen molar-refractivity contribution in [2.24, 2.45) is 0 Å². The van der Waals surface area contributed by atoms with Gasteiger partial charge in [-0.3, -0.25) is 9.69 Å². The van der Waals surface area contributed by atoms with Crippen molar-refractivity contribution in [2.75, 3.05) is 26.2 Å². The minimum absolute atomic E-state index is 0.0472. The molecule has 0 saturated carbocycles. The summed E-state index contributed by atoms with van der Waals surface area (Å²) in [6, 6.07) is 15.8. The molecule has 1 unspecified atom stereocenters. The van der Waals surface area contributed by atoms with Gasteiger partial charge in [0.1, 0.15) is 5.75 Å². The van der Waals surface area contributed by atoms with Crippen LogP contribution in [0.2, 0.25) is 10.0 Å². The number of rotatable bonds is 9. The Labute approximate surface area is 176 Å². The van der Waals surface area contributed by atoms with Gasteiger partial charge in [0.05, 0.1) is 17.7 Å². The fraction of sp³-hybridized carbons (Fsp3) is 0.409. The Morgan fingerprint density at radius 2 is 1.86 bits per heavy atom. The van der Waals surface area contributed by atoms with E-state index in [-0.39, 0.29) is 11.9 Å². The van der Waals surface area contributed by atoms with E-state index in [9.17, 15) is 4.79 Å². The van der Waals surface area contributed by atoms with E-state index in [1.165, 1.54) is 18.4 Å². The van der Waals surface area contributed by atoms with Crippen LogP contribution in [0.3, 0.4) is 0 Å². The van der Waals surface area contributed by atoms with Crippen LogP contribution in [-0.4, -0.2) is 37.0 Å². The number of nitrogens with one attached hydrogen (secondary N) is 1. The van der Waals surface area contributed by atoms with Gasteiger partial charge in [0.15, 0.2) is 0 Å². The zero-order valence-corrected chi connectivity index (χ0v) is 17.4. The van der Waals surface area contributed by atoms with Gasteiger partial charge in [-0.25, -0.2) is 0 Å². The van der Waals surface area contributed by atoms with Crippen molar-refractivity contribution < 1.29 is 9.53 Å². The maximum absolute atomic E-state index is 12.3. The summed E-state index contributed by atoms with van der Waals surface area (Å²) < 4.78 is 5.64. The summed E-state index contributed by atoms with van der Waals surface area (Å²) in [5, 5.41) is 4.15. The Kier molecular flexibility index (Phi) is 8.01. The molecule has 0 aromatic heterocycles. The van der Waals surface area contributed by atoms with Gasteiger partial charge in [0.2, 0.25) is 5.91 Å². The Bertz CT molecular complexity index is 764. The van der Waals surface area contributed by atoms with Crippen molar-refractivity contribution in [3.63, 3.8) is 0 Å². The van der Waals surface area contributed by atoms with Gasteiger partial charge in [-0.2, -0.15) is 0 Å². The highest BCUT2D eigenvalue weighted by Crippen LogP contribution is 2.27. The van der Waals surface area contributed by atoms with Gasteiger partial charge in [0, 0.05) is 18.0 Å². The molecule has 28 heavy (non-hydrogen) atoms. The number of amides is 1. The number of nitrogens with zero attached hydrogens (tertiary/aromatic N) is 1. The van der Waals surface area contributed by atoms with E-state index in [0.29, 0.717) is 41.8 Å². The first kappa shape index (κ1) is 21.0. The van der Waals surface area contributed by atoms with Crippen LogP contribution in [0.25, 0.3) is 0 Å². The van der Waals surface area contributed by atoms with Crippen LogP contribution in [0.5, 0.6) is 5.75 Å². The van der Waals surface area contributed by atoms with Crippen molar-refractivity contribution in [3.8, 4) is 5.75 Å². The average molecular weight is 421 g/mol. The monoisotopic (exact) mass is 420 g/mol. The number of hydrogen-bond donors (Lipinski definition) is 1. The highest BCUT2D eigenvalue weighted by Gasteiger charge is 2.23. The van der Waals surface area contributed by atoms with Gasteiger partial charge < -0.3 is 10.1 Å². The van der Waals surface area contributed by atoms with Crippen LogP contribution >= 0.6 is 23.2 Å². The Morgan fingerprint density at radius 1 is 1.11 bits per heavy atom. The number of hydrogen-bond acceptors (Lipinski definition) is 3. The lowest BCUT2D eigenvalue weighted by Gasteiger charge is -2.28. The molecular formula is C22H26Cl2N2O2. The van der Waals surface area contributed by atoms with Crippen LogP contribution in [0.4, 0.5) is 0 Å². The smallest absolute Gasteiger partial charge is 0.220 e. The maximum atomic E-state index is 12.3. The van der Waals surface area contributed by atoms with E-state index in [1.807, 2.05) is 6.07 Å².